The molecule has 3 aliphatic carbocycles. The zero-order chi connectivity index (χ0) is 26.5. The number of carbonyl (C=O) groups excluding carboxylic acids is 2. The van der Waals surface area contributed by atoms with Crippen LogP contribution in [0, 0.1) is 46.8 Å². The van der Waals surface area contributed by atoms with Crippen LogP contribution < -0.4 is 0 Å². The summed E-state index contributed by atoms with van der Waals surface area (Å²) in [7, 11) is 1.72. The Morgan fingerprint density at radius 2 is 1.92 bits per heavy atom. The van der Waals surface area contributed by atoms with E-state index in [1.807, 2.05) is 0 Å². The first-order valence-corrected chi connectivity index (χ1v) is 14.9. The van der Waals surface area contributed by atoms with Crippen molar-refractivity contribution in [2.45, 2.75) is 118 Å². The van der Waals surface area contributed by atoms with E-state index in [1.165, 1.54) is 57.4 Å². The molecule has 0 aromatic rings. The van der Waals surface area contributed by atoms with Crippen molar-refractivity contribution in [1.29, 1.82) is 0 Å². The standard InChI is InChI=1S/C32H54O4/c1-21(2)9-8-10-23(4)29-13-14-30-28-19-25(16-18-36-24(5)33)31(34)20-26(35-7)12-11-22(3)27(28)15-17-32(29,30)6/h11,21,23,25-30H,8-10,12-20H2,1-7H3/b22-11+/t23-,25-,26+,27-,28-,29-,30+,32-/m1/s1. The molecule has 0 aromatic heterocycles. The van der Waals surface area contributed by atoms with Crippen molar-refractivity contribution in [2.24, 2.45) is 46.8 Å². The fourth-order valence-electron chi connectivity index (χ4n) is 8.41. The van der Waals surface area contributed by atoms with Gasteiger partial charge in [-0.25, -0.2) is 0 Å². The fraction of sp³-hybridized carbons (Fsp3) is 0.875. The molecule has 0 heterocycles. The van der Waals surface area contributed by atoms with E-state index >= 15 is 0 Å². The number of ketones is 1. The predicted octanol–water partition coefficient (Wildman–Crippen LogP) is 7.79. The third kappa shape index (κ3) is 7.03. The quantitative estimate of drug-likeness (QED) is 0.238. The van der Waals surface area contributed by atoms with Crippen LogP contribution in [0.5, 0.6) is 0 Å². The number of rotatable bonds is 9. The average Bonchev–Trinajstić information content (AvgIpc) is 3.17. The molecule has 0 saturated heterocycles. The lowest BCUT2D eigenvalue weighted by atomic mass is 9.53. The number of methoxy groups -OCH3 is 1. The van der Waals surface area contributed by atoms with Crippen molar-refractivity contribution in [3.8, 4) is 0 Å². The van der Waals surface area contributed by atoms with Gasteiger partial charge >= 0.3 is 5.97 Å². The highest BCUT2D eigenvalue weighted by Gasteiger charge is 2.55. The maximum absolute atomic E-state index is 13.5. The van der Waals surface area contributed by atoms with Gasteiger partial charge in [-0.05, 0) is 92.8 Å². The summed E-state index contributed by atoms with van der Waals surface area (Å²) in [6.45, 7) is 13.9. The van der Waals surface area contributed by atoms with Crippen molar-refractivity contribution >= 4 is 11.8 Å². The molecular formula is C32H54O4. The van der Waals surface area contributed by atoms with Gasteiger partial charge in [0.15, 0.2) is 0 Å². The summed E-state index contributed by atoms with van der Waals surface area (Å²) in [4.78, 5) is 24.9. The SMILES string of the molecule is CO[C@H]1C/C=C(\C)[C@H]2CC[C@]3(C)[C@@H]([C@H](C)CCCC(C)C)CC[C@H]3[C@@H]2C[C@@H](CCOC(C)=O)C(=O)C1. The molecule has 8 atom stereocenters. The number of hydrogen-bond donors (Lipinski definition) is 0. The highest BCUT2D eigenvalue weighted by molar-refractivity contribution is 5.81. The summed E-state index contributed by atoms with van der Waals surface area (Å²) < 4.78 is 11.0. The summed E-state index contributed by atoms with van der Waals surface area (Å²) >= 11 is 0. The molecule has 0 spiro atoms. The van der Waals surface area contributed by atoms with Crippen molar-refractivity contribution in [3.63, 3.8) is 0 Å². The second-order valence-electron chi connectivity index (χ2n) is 13.2. The number of ether oxygens (including phenoxy) is 2. The van der Waals surface area contributed by atoms with Crippen LogP contribution in [0.25, 0.3) is 0 Å². The molecular weight excluding hydrogens is 448 g/mol. The van der Waals surface area contributed by atoms with E-state index in [0.29, 0.717) is 48.4 Å². The predicted molar refractivity (Wildman–Crippen MR) is 147 cm³/mol. The lowest BCUT2D eigenvalue weighted by Gasteiger charge is -2.51. The normalized spacial score (nSPS) is 37.6. The van der Waals surface area contributed by atoms with E-state index in [9.17, 15) is 9.59 Å². The summed E-state index contributed by atoms with van der Waals surface area (Å²) in [5.41, 5.74) is 1.88. The van der Waals surface area contributed by atoms with Gasteiger partial charge in [0, 0.05) is 26.4 Å². The van der Waals surface area contributed by atoms with Gasteiger partial charge < -0.3 is 9.47 Å². The summed E-state index contributed by atoms with van der Waals surface area (Å²) in [6, 6.07) is 0. The van der Waals surface area contributed by atoms with Crippen LogP contribution in [0.2, 0.25) is 0 Å². The van der Waals surface area contributed by atoms with E-state index in [2.05, 4.69) is 40.7 Å². The highest BCUT2D eigenvalue weighted by Crippen LogP contribution is 2.63. The monoisotopic (exact) mass is 502 g/mol. The van der Waals surface area contributed by atoms with Gasteiger partial charge in [0.1, 0.15) is 5.78 Å². The van der Waals surface area contributed by atoms with Gasteiger partial charge in [0.05, 0.1) is 12.7 Å². The third-order valence-corrected chi connectivity index (χ3v) is 10.5. The Hall–Kier alpha value is -1.16. The molecule has 4 nitrogen and oxygen atoms in total. The second-order valence-corrected chi connectivity index (χ2v) is 13.2. The Morgan fingerprint density at radius 1 is 1.17 bits per heavy atom. The minimum Gasteiger partial charge on any atom is -0.466 e. The molecule has 0 bridgehead atoms. The van der Waals surface area contributed by atoms with Crippen LogP contribution in [-0.4, -0.2) is 31.6 Å². The van der Waals surface area contributed by atoms with Crippen LogP contribution in [0.1, 0.15) is 112 Å². The molecule has 0 aromatic carbocycles. The molecule has 0 aliphatic heterocycles. The van der Waals surface area contributed by atoms with Gasteiger partial charge in [0.25, 0.3) is 0 Å². The van der Waals surface area contributed by atoms with E-state index < -0.39 is 0 Å². The van der Waals surface area contributed by atoms with Crippen LogP contribution in [-0.2, 0) is 19.1 Å². The minimum atomic E-state index is -0.260. The number of Topliss-reactive ketones (excluding diaryl/α,β-unsaturated/α-hetero) is 1. The fourth-order valence-corrected chi connectivity index (χ4v) is 8.41. The smallest absolute Gasteiger partial charge is 0.302 e. The van der Waals surface area contributed by atoms with E-state index in [1.54, 1.807) is 7.11 Å². The molecule has 2 saturated carbocycles. The van der Waals surface area contributed by atoms with Crippen molar-refractivity contribution < 1.29 is 19.1 Å². The van der Waals surface area contributed by atoms with Gasteiger partial charge in [0.2, 0.25) is 0 Å². The Kier molecular flexibility index (Phi) is 10.7. The van der Waals surface area contributed by atoms with Crippen LogP contribution in [0.3, 0.4) is 0 Å². The van der Waals surface area contributed by atoms with Crippen LogP contribution in [0.15, 0.2) is 11.6 Å². The highest BCUT2D eigenvalue weighted by atomic mass is 16.5. The van der Waals surface area contributed by atoms with E-state index in [-0.39, 0.29) is 18.0 Å². The Morgan fingerprint density at radius 3 is 2.58 bits per heavy atom. The summed E-state index contributed by atoms with van der Waals surface area (Å²) in [5.74, 6) is 4.11. The molecule has 36 heavy (non-hydrogen) atoms. The average molecular weight is 503 g/mol. The topological polar surface area (TPSA) is 52.6 Å². The van der Waals surface area contributed by atoms with Crippen LogP contribution >= 0.6 is 0 Å². The zero-order valence-corrected chi connectivity index (χ0v) is 24.3. The molecule has 0 radical (unpaired) electrons. The largest absolute Gasteiger partial charge is 0.466 e. The molecule has 0 unspecified atom stereocenters. The molecule has 3 aliphatic rings. The number of hydrogen-bond acceptors (Lipinski definition) is 4. The lowest BCUT2D eigenvalue weighted by Crippen LogP contribution is -2.44. The van der Waals surface area contributed by atoms with Crippen molar-refractivity contribution in [2.75, 3.05) is 13.7 Å². The first-order chi connectivity index (χ1) is 17.1. The molecule has 0 N–H and O–H groups in total. The van der Waals surface area contributed by atoms with E-state index in [4.69, 9.17) is 9.47 Å². The van der Waals surface area contributed by atoms with Gasteiger partial charge in [-0.1, -0.05) is 58.6 Å². The maximum Gasteiger partial charge on any atom is 0.302 e. The molecule has 0 amide bonds. The zero-order valence-electron chi connectivity index (χ0n) is 24.3. The molecule has 2 fully saturated rings. The van der Waals surface area contributed by atoms with Gasteiger partial charge in [-0.3, -0.25) is 9.59 Å². The summed E-state index contributed by atoms with van der Waals surface area (Å²) in [5, 5.41) is 0. The maximum atomic E-state index is 13.5. The number of carbonyl (C=O) groups is 2. The Labute approximate surface area is 221 Å². The summed E-state index contributed by atoms with van der Waals surface area (Å²) in [6.07, 6.45) is 14.4. The molecule has 206 valence electrons. The van der Waals surface area contributed by atoms with Gasteiger partial charge in [-0.15, -0.1) is 0 Å². The molecule has 4 heteroatoms. The first kappa shape index (κ1) is 29.4. The van der Waals surface area contributed by atoms with Crippen molar-refractivity contribution in [1.82, 2.24) is 0 Å². The number of esters is 1. The lowest BCUT2D eigenvalue weighted by molar-refractivity contribution is -0.142. The third-order valence-electron chi connectivity index (χ3n) is 10.5. The Balaban J connectivity index is 1.84. The van der Waals surface area contributed by atoms with E-state index in [0.717, 1.165) is 30.6 Å². The van der Waals surface area contributed by atoms with Gasteiger partial charge in [-0.2, -0.15) is 0 Å². The Bertz CT molecular complexity index is 770. The number of allylic oxidation sites excluding steroid dienone is 1. The van der Waals surface area contributed by atoms with Crippen LogP contribution in [0.4, 0.5) is 0 Å². The number of fused-ring (bicyclic) bond motifs is 3. The first-order valence-electron chi connectivity index (χ1n) is 14.9. The minimum absolute atomic E-state index is 0.0507. The second kappa shape index (κ2) is 13.1. The van der Waals surface area contributed by atoms with Crippen molar-refractivity contribution in [3.05, 3.63) is 11.6 Å². The molecule has 3 rings (SSSR count).